The average Bonchev–Trinajstić information content (AvgIpc) is 2.38. The number of nitrogens with zero attached hydrogens (tertiary/aromatic N) is 2. The Balaban J connectivity index is 2.81. The van der Waals surface area contributed by atoms with Crippen LogP contribution in [0, 0.1) is 0 Å². The number of carbonyl (C=O) groups excluding carboxylic acids is 1. The van der Waals surface area contributed by atoms with Gasteiger partial charge in [-0.05, 0) is 18.2 Å². The fourth-order valence-corrected chi connectivity index (χ4v) is 1.15. The van der Waals surface area contributed by atoms with Gasteiger partial charge in [0, 0.05) is 19.7 Å². The van der Waals surface area contributed by atoms with E-state index >= 15 is 0 Å². The molecule has 0 radical (unpaired) electrons. The third-order valence-electron chi connectivity index (χ3n) is 2.12. The van der Waals surface area contributed by atoms with Crippen LogP contribution >= 0.6 is 0 Å². The maximum atomic E-state index is 11.1. The van der Waals surface area contributed by atoms with Crippen molar-refractivity contribution < 1.29 is 19.1 Å². The van der Waals surface area contributed by atoms with Crippen LogP contribution in [0.25, 0.3) is 0 Å². The lowest BCUT2D eigenvalue weighted by atomic mass is 10.2. The summed E-state index contributed by atoms with van der Waals surface area (Å²) in [6, 6.07) is 5.24. The van der Waals surface area contributed by atoms with Gasteiger partial charge in [0.25, 0.3) is 0 Å². The highest BCUT2D eigenvalue weighted by Gasteiger charge is 2.05. The first-order valence-electron chi connectivity index (χ1n) is 5.22. The fraction of sp³-hybridized carbons (Fsp3) is 0.333. The molecule has 0 aliphatic heterocycles. The molecule has 0 aliphatic rings. The minimum Gasteiger partial charge on any atom is -0.497 e. The fourth-order valence-electron chi connectivity index (χ4n) is 1.15. The average molecular weight is 252 g/mol. The van der Waals surface area contributed by atoms with Gasteiger partial charge in [-0.15, -0.1) is 0 Å². The molecule has 0 aromatic heterocycles. The van der Waals surface area contributed by atoms with Gasteiger partial charge in [-0.1, -0.05) is 5.16 Å². The molecule has 0 atom stereocenters. The van der Waals surface area contributed by atoms with Crippen molar-refractivity contribution in [2.45, 2.75) is 0 Å². The predicted octanol–water partition coefficient (Wildman–Crippen LogP) is 1.74. The van der Waals surface area contributed by atoms with Gasteiger partial charge >= 0.3 is 6.09 Å². The zero-order valence-electron chi connectivity index (χ0n) is 10.8. The van der Waals surface area contributed by atoms with Crippen LogP contribution in [0.15, 0.2) is 23.4 Å². The number of hydrogen-bond donors (Lipinski definition) is 0. The standard InChI is InChI=1S/C12H16N2O4/c1-14(2)12(15)18-13-8-9-7-10(16-3)5-6-11(9)17-4/h5-8H,1-4H3/b13-8+. The van der Waals surface area contributed by atoms with Crippen molar-refractivity contribution >= 4 is 12.3 Å². The smallest absolute Gasteiger partial charge is 0.435 e. The van der Waals surface area contributed by atoms with E-state index in [0.717, 1.165) is 0 Å². The van der Waals surface area contributed by atoms with Crippen LogP contribution in [0.3, 0.4) is 0 Å². The molecule has 98 valence electrons. The van der Waals surface area contributed by atoms with E-state index in [1.807, 2.05) is 0 Å². The zero-order chi connectivity index (χ0) is 13.5. The molecule has 0 saturated heterocycles. The Morgan fingerprint density at radius 2 is 2.00 bits per heavy atom. The molecular formula is C12H16N2O4. The molecule has 0 heterocycles. The maximum Gasteiger partial charge on any atom is 0.435 e. The summed E-state index contributed by atoms with van der Waals surface area (Å²) in [5.74, 6) is 1.27. The largest absolute Gasteiger partial charge is 0.497 e. The van der Waals surface area contributed by atoms with Gasteiger partial charge in [0.15, 0.2) is 0 Å². The summed E-state index contributed by atoms with van der Waals surface area (Å²) in [6.07, 6.45) is 0.844. The molecule has 0 unspecified atom stereocenters. The highest BCUT2D eigenvalue weighted by Crippen LogP contribution is 2.22. The number of benzene rings is 1. The van der Waals surface area contributed by atoms with Crippen molar-refractivity contribution in [2.24, 2.45) is 5.16 Å². The summed E-state index contributed by atoms with van der Waals surface area (Å²) in [5, 5.41) is 3.60. The number of carbonyl (C=O) groups is 1. The minimum absolute atomic E-state index is 0.548. The molecule has 1 aromatic carbocycles. The predicted molar refractivity (Wildman–Crippen MR) is 67.3 cm³/mol. The SMILES string of the molecule is COc1ccc(OC)c(/C=N/OC(=O)N(C)C)c1. The third kappa shape index (κ3) is 3.65. The number of amides is 1. The Morgan fingerprint density at radius 3 is 2.56 bits per heavy atom. The second kappa shape index (κ2) is 6.48. The van der Waals surface area contributed by atoms with Crippen LogP contribution in [0.4, 0.5) is 4.79 Å². The molecule has 1 rings (SSSR count). The van der Waals surface area contributed by atoms with E-state index in [4.69, 9.17) is 9.47 Å². The first-order valence-corrected chi connectivity index (χ1v) is 5.22. The molecule has 0 saturated carbocycles. The van der Waals surface area contributed by atoms with Crippen molar-refractivity contribution in [1.29, 1.82) is 0 Å². The van der Waals surface area contributed by atoms with Crippen molar-refractivity contribution in [3.8, 4) is 11.5 Å². The number of rotatable bonds is 4. The lowest BCUT2D eigenvalue weighted by Crippen LogP contribution is -2.20. The summed E-state index contributed by atoms with van der Waals surface area (Å²) in [7, 11) is 6.26. The summed E-state index contributed by atoms with van der Waals surface area (Å²) < 4.78 is 10.2. The quantitative estimate of drug-likeness (QED) is 0.465. The minimum atomic E-state index is -0.548. The molecule has 0 N–H and O–H groups in total. The number of ether oxygens (including phenoxy) is 2. The van der Waals surface area contributed by atoms with Gasteiger partial charge in [0.1, 0.15) is 11.5 Å². The lowest BCUT2D eigenvalue weighted by molar-refractivity contribution is 0.123. The Bertz CT molecular complexity index is 444. The van der Waals surface area contributed by atoms with E-state index in [2.05, 4.69) is 9.99 Å². The van der Waals surface area contributed by atoms with E-state index in [9.17, 15) is 4.79 Å². The Morgan fingerprint density at radius 1 is 1.28 bits per heavy atom. The van der Waals surface area contributed by atoms with Gasteiger partial charge in [-0.2, -0.15) is 0 Å². The summed E-state index contributed by atoms with van der Waals surface area (Å²) in [5.41, 5.74) is 0.656. The Kier molecular flexibility index (Phi) is 4.98. The Hall–Kier alpha value is -2.24. The highest BCUT2D eigenvalue weighted by molar-refractivity contribution is 5.84. The number of methoxy groups -OCH3 is 2. The lowest BCUT2D eigenvalue weighted by Gasteiger charge is -2.07. The van der Waals surface area contributed by atoms with Crippen LogP contribution < -0.4 is 9.47 Å². The van der Waals surface area contributed by atoms with E-state index in [-0.39, 0.29) is 0 Å². The van der Waals surface area contributed by atoms with E-state index in [1.54, 1.807) is 46.5 Å². The molecule has 1 aromatic rings. The van der Waals surface area contributed by atoms with Crippen molar-refractivity contribution in [2.75, 3.05) is 28.3 Å². The van der Waals surface area contributed by atoms with Gasteiger partial charge in [-0.3, -0.25) is 4.84 Å². The number of oxime groups is 1. The highest BCUT2D eigenvalue weighted by atomic mass is 16.7. The summed E-state index contributed by atoms with van der Waals surface area (Å²) in [4.78, 5) is 17.1. The molecular weight excluding hydrogens is 236 g/mol. The van der Waals surface area contributed by atoms with Crippen LogP contribution in [0.2, 0.25) is 0 Å². The molecule has 0 aliphatic carbocycles. The van der Waals surface area contributed by atoms with E-state index in [1.165, 1.54) is 11.1 Å². The van der Waals surface area contributed by atoms with Crippen LogP contribution in [-0.2, 0) is 4.84 Å². The second-order valence-corrected chi connectivity index (χ2v) is 3.59. The van der Waals surface area contributed by atoms with Crippen molar-refractivity contribution in [3.05, 3.63) is 23.8 Å². The third-order valence-corrected chi connectivity index (χ3v) is 2.12. The monoisotopic (exact) mass is 252 g/mol. The van der Waals surface area contributed by atoms with Crippen LogP contribution in [-0.4, -0.2) is 45.5 Å². The molecule has 0 bridgehead atoms. The van der Waals surface area contributed by atoms with Gasteiger partial charge < -0.3 is 14.4 Å². The molecule has 6 heteroatoms. The zero-order valence-corrected chi connectivity index (χ0v) is 10.8. The summed E-state index contributed by atoms with van der Waals surface area (Å²) >= 11 is 0. The van der Waals surface area contributed by atoms with Crippen LogP contribution in [0.5, 0.6) is 11.5 Å². The maximum absolute atomic E-state index is 11.1. The molecule has 0 spiro atoms. The van der Waals surface area contributed by atoms with E-state index < -0.39 is 6.09 Å². The van der Waals surface area contributed by atoms with Gasteiger partial charge in [0.2, 0.25) is 0 Å². The van der Waals surface area contributed by atoms with Gasteiger partial charge in [-0.25, -0.2) is 4.79 Å². The van der Waals surface area contributed by atoms with Crippen molar-refractivity contribution in [3.63, 3.8) is 0 Å². The molecule has 18 heavy (non-hydrogen) atoms. The summed E-state index contributed by atoms with van der Waals surface area (Å²) in [6.45, 7) is 0. The molecule has 6 nitrogen and oxygen atoms in total. The van der Waals surface area contributed by atoms with Crippen LogP contribution in [0.1, 0.15) is 5.56 Å². The van der Waals surface area contributed by atoms with Crippen molar-refractivity contribution in [1.82, 2.24) is 4.90 Å². The number of hydrogen-bond acceptors (Lipinski definition) is 5. The second-order valence-electron chi connectivity index (χ2n) is 3.59. The first-order chi connectivity index (χ1) is 8.58. The van der Waals surface area contributed by atoms with E-state index in [0.29, 0.717) is 17.1 Å². The normalized spacial score (nSPS) is 10.2. The molecule has 0 fully saturated rings. The first kappa shape index (κ1) is 13.8. The Labute approximate surface area is 106 Å². The molecule has 1 amide bonds. The van der Waals surface area contributed by atoms with Gasteiger partial charge in [0.05, 0.1) is 20.4 Å². The topological polar surface area (TPSA) is 60.4 Å².